The summed E-state index contributed by atoms with van der Waals surface area (Å²) in [5.41, 5.74) is 0.761. The molecule has 3 nitrogen and oxygen atoms in total. The summed E-state index contributed by atoms with van der Waals surface area (Å²) in [6.45, 7) is 2.11. The molecule has 2 aliphatic heterocycles. The van der Waals surface area contributed by atoms with Gasteiger partial charge in [-0.25, -0.2) is 13.9 Å². The van der Waals surface area contributed by atoms with Gasteiger partial charge in [-0.3, -0.25) is 0 Å². The Kier molecular flexibility index (Phi) is 4.06. The van der Waals surface area contributed by atoms with Gasteiger partial charge in [-0.2, -0.15) is 0 Å². The predicted octanol–water partition coefficient (Wildman–Crippen LogP) is 2.99. The summed E-state index contributed by atoms with van der Waals surface area (Å²) in [4.78, 5) is 2.07. The third-order valence-corrected chi connectivity index (χ3v) is 5.88. The molecule has 0 fully saturated rings. The zero-order chi connectivity index (χ0) is 16.6. The number of hydrogen-bond donors (Lipinski definition) is 1. The molecule has 0 aromatic heterocycles. The first-order valence-corrected chi connectivity index (χ1v) is 9.20. The van der Waals surface area contributed by atoms with Crippen molar-refractivity contribution in [3.63, 3.8) is 0 Å². The molecule has 1 unspecified atom stereocenters. The standard InChI is InChI=1S/C19H20FN2OS/c20-17-9-7-16(8-10-17)19(23)14-21-11-4-12-24-18(21)22(19)13-15-5-2-1-3-6-15/h1-3,5-10,23H,4,11-14H2/q+1. The molecule has 124 valence electrons. The van der Waals surface area contributed by atoms with Crippen LogP contribution in [0.1, 0.15) is 17.5 Å². The van der Waals surface area contributed by atoms with Gasteiger partial charge in [0.05, 0.1) is 6.54 Å². The van der Waals surface area contributed by atoms with Crippen molar-refractivity contribution in [3.8, 4) is 0 Å². The Hall–Kier alpha value is -1.85. The van der Waals surface area contributed by atoms with E-state index >= 15 is 0 Å². The fraction of sp³-hybridized carbons (Fsp3) is 0.316. The van der Waals surface area contributed by atoms with E-state index in [0.717, 1.165) is 35.0 Å². The van der Waals surface area contributed by atoms with E-state index in [0.29, 0.717) is 13.1 Å². The Morgan fingerprint density at radius 1 is 1.12 bits per heavy atom. The maximum atomic E-state index is 13.3. The number of hydrogen-bond acceptors (Lipinski definition) is 3. The van der Waals surface area contributed by atoms with Crippen molar-refractivity contribution in [1.29, 1.82) is 0 Å². The highest BCUT2D eigenvalue weighted by molar-refractivity contribution is 8.13. The Balaban J connectivity index is 1.73. The maximum Gasteiger partial charge on any atom is 0.311 e. The number of halogens is 1. The van der Waals surface area contributed by atoms with Crippen molar-refractivity contribution >= 4 is 16.9 Å². The summed E-state index contributed by atoms with van der Waals surface area (Å²) in [6, 6.07) is 16.4. The van der Waals surface area contributed by atoms with Gasteiger partial charge in [0.15, 0.2) is 6.54 Å². The van der Waals surface area contributed by atoms with E-state index in [9.17, 15) is 9.50 Å². The minimum Gasteiger partial charge on any atom is -0.346 e. The molecule has 0 bridgehead atoms. The number of nitrogens with zero attached hydrogens (tertiary/aromatic N) is 2. The lowest BCUT2D eigenvalue weighted by Crippen LogP contribution is -2.45. The molecular weight excluding hydrogens is 323 g/mol. The SMILES string of the molecule is OC1(c2ccc(F)cc2)C[N+]2=C(SCCC2)N1Cc1ccccc1. The largest absolute Gasteiger partial charge is 0.346 e. The molecule has 1 atom stereocenters. The first-order chi connectivity index (χ1) is 11.7. The van der Waals surface area contributed by atoms with E-state index in [4.69, 9.17) is 0 Å². The number of benzene rings is 2. The number of thioether (sulfide) groups is 1. The monoisotopic (exact) mass is 343 g/mol. The van der Waals surface area contributed by atoms with Gasteiger partial charge in [0.2, 0.25) is 0 Å². The van der Waals surface area contributed by atoms with Gasteiger partial charge in [0, 0.05) is 11.3 Å². The van der Waals surface area contributed by atoms with E-state index in [1.54, 1.807) is 23.9 Å². The van der Waals surface area contributed by atoms with Crippen molar-refractivity contribution in [1.82, 2.24) is 4.90 Å². The molecule has 1 N–H and O–H groups in total. The third kappa shape index (κ3) is 2.72. The van der Waals surface area contributed by atoms with E-state index in [-0.39, 0.29) is 5.82 Å². The summed E-state index contributed by atoms with van der Waals surface area (Å²) < 4.78 is 15.6. The molecule has 0 aliphatic carbocycles. The smallest absolute Gasteiger partial charge is 0.311 e. The second kappa shape index (κ2) is 6.22. The van der Waals surface area contributed by atoms with Gasteiger partial charge in [-0.15, -0.1) is 0 Å². The van der Waals surface area contributed by atoms with Gasteiger partial charge >= 0.3 is 5.17 Å². The Morgan fingerprint density at radius 2 is 1.88 bits per heavy atom. The molecular formula is C19H20FN2OS+. The first kappa shape index (κ1) is 15.7. The third-order valence-electron chi connectivity index (χ3n) is 4.65. The van der Waals surface area contributed by atoms with Crippen molar-refractivity contribution in [3.05, 3.63) is 71.5 Å². The fourth-order valence-electron chi connectivity index (χ4n) is 3.44. The van der Waals surface area contributed by atoms with Gasteiger partial charge in [0.25, 0.3) is 5.72 Å². The highest BCUT2D eigenvalue weighted by Crippen LogP contribution is 2.37. The van der Waals surface area contributed by atoms with Crippen LogP contribution >= 0.6 is 11.8 Å². The zero-order valence-corrected chi connectivity index (χ0v) is 14.2. The van der Waals surface area contributed by atoms with E-state index in [1.165, 1.54) is 12.1 Å². The van der Waals surface area contributed by atoms with E-state index < -0.39 is 5.72 Å². The molecule has 0 amide bonds. The van der Waals surface area contributed by atoms with Gasteiger partial charge in [-0.05, 0) is 48.0 Å². The average Bonchev–Trinajstić information content (AvgIpc) is 2.90. The van der Waals surface area contributed by atoms with Gasteiger partial charge in [-0.1, -0.05) is 30.3 Å². The van der Waals surface area contributed by atoms with Crippen LogP contribution in [-0.4, -0.2) is 38.6 Å². The van der Waals surface area contributed by atoms with Crippen LogP contribution in [0.15, 0.2) is 54.6 Å². The molecule has 0 saturated heterocycles. The van der Waals surface area contributed by atoms with Crippen LogP contribution in [0.2, 0.25) is 0 Å². The lowest BCUT2D eigenvalue weighted by atomic mass is 10.0. The number of rotatable bonds is 3. The Morgan fingerprint density at radius 3 is 2.62 bits per heavy atom. The van der Waals surface area contributed by atoms with Crippen LogP contribution in [0, 0.1) is 5.82 Å². The van der Waals surface area contributed by atoms with Crippen LogP contribution in [-0.2, 0) is 12.3 Å². The fourth-order valence-corrected chi connectivity index (χ4v) is 4.61. The Labute approximate surface area is 145 Å². The maximum absolute atomic E-state index is 13.3. The second-order valence-corrected chi connectivity index (χ2v) is 7.36. The van der Waals surface area contributed by atoms with Crippen LogP contribution in [0.3, 0.4) is 0 Å². The molecule has 2 aromatic rings. The minimum atomic E-state index is -1.13. The minimum absolute atomic E-state index is 0.283. The topological polar surface area (TPSA) is 26.5 Å². The summed E-state index contributed by atoms with van der Waals surface area (Å²) in [5, 5.41) is 12.7. The molecule has 2 aliphatic rings. The highest BCUT2D eigenvalue weighted by atomic mass is 32.2. The van der Waals surface area contributed by atoms with Crippen molar-refractivity contribution in [2.45, 2.75) is 18.7 Å². The van der Waals surface area contributed by atoms with E-state index in [1.807, 2.05) is 18.2 Å². The second-order valence-electron chi connectivity index (χ2n) is 6.30. The van der Waals surface area contributed by atoms with Crippen LogP contribution in [0.25, 0.3) is 0 Å². The lowest BCUT2D eigenvalue weighted by Gasteiger charge is -2.28. The van der Waals surface area contributed by atoms with Crippen molar-refractivity contribution in [2.24, 2.45) is 0 Å². The molecule has 0 radical (unpaired) electrons. The van der Waals surface area contributed by atoms with Crippen molar-refractivity contribution < 1.29 is 14.1 Å². The van der Waals surface area contributed by atoms with Gasteiger partial charge in [0.1, 0.15) is 12.4 Å². The van der Waals surface area contributed by atoms with Crippen LogP contribution < -0.4 is 0 Å². The summed E-state index contributed by atoms with van der Waals surface area (Å²) in [6.07, 6.45) is 1.12. The number of aliphatic hydroxyl groups is 1. The van der Waals surface area contributed by atoms with Crippen LogP contribution in [0.4, 0.5) is 4.39 Å². The molecule has 4 rings (SSSR count). The molecule has 2 heterocycles. The highest BCUT2D eigenvalue weighted by Gasteiger charge is 2.53. The summed E-state index contributed by atoms with van der Waals surface area (Å²) in [5.74, 6) is 0.783. The molecule has 0 saturated carbocycles. The quantitative estimate of drug-likeness (QED) is 0.868. The van der Waals surface area contributed by atoms with Crippen LogP contribution in [0.5, 0.6) is 0 Å². The predicted molar refractivity (Wildman–Crippen MR) is 94.4 cm³/mol. The lowest BCUT2D eigenvalue weighted by molar-refractivity contribution is -0.532. The Bertz CT molecular complexity index is 763. The molecule has 2 aromatic carbocycles. The van der Waals surface area contributed by atoms with Crippen molar-refractivity contribution in [2.75, 3.05) is 18.8 Å². The average molecular weight is 343 g/mol. The summed E-state index contributed by atoms with van der Waals surface area (Å²) >= 11 is 1.80. The molecule has 5 heteroatoms. The molecule has 24 heavy (non-hydrogen) atoms. The van der Waals surface area contributed by atoms with E-state index in [2.05, 4.69) is 21.6 Å². The van der Waals surface area contributed by atoms with Gasteiger partial charge < -0.3 is 5.11 Å². The molecule has 0 spiro atoms. The zero-order valence-electron chi connectivity index (χ0n) is 13.4. The first-order valence-electron chi connectivity index (χ1n) is 8.21. The number of amidine groups is 1. The summed E-state index contributed by atoms with van der Waals surface area (Å²) in [7, 11) is 0. The normalized spacial score (nSPS) is 23.5.